The van der Waals surface area contributed by atoms with Crippen LogP contribution in [0.1, 0.15) is 18.4 Å². The average Bonchev–Trinajstić information content (AvgIpc) is 2.61. The highest BCUT2D eigenvalue weighted by molar-refractivity contribution is 5.89. The lowest BCUT2D eigenvalue weighted by molar-refractivity contribution is -0.148. The highest BCUT2D eigenvalue weighted by Crippen LogP contribution is 2.08. The quantitative estimate of drug-likeness (QED) is 0.610. The summed E-state index contributed by atoms with van der Waals surface area (Å²) in [4.78, 5) is 21.8. The number of rotatable bonds is 4. The Bertz CT molecular complexity index is 419. The molecule has 1 aromatic rings. The number of carbonyl (C=O) groups is 2. The van der Waals surface area contributed by atoms with Gasteiger partial charge in [-0.25, -0.2) is 4.79 Å². The van der Waals surface area contributed by atoms with E-state index in [1.54, 1.807) is 19.1 Å². The van der Waals surface area contributed by atoms with Gasteiger partial charge in [-0.1, -0.05) is 0 Å². The molecular weight excluding hydrogens is 210 g/mol. The third-order valence-electron chi connectivity index (χ3n) is 1.84. The molecule has 0 aliphatic heterocycles. The minimum absolute atomic E-state index is 0.543. The number of hydrogen-bond donors (Lipinski definition) is 1. The molecule has 0 aliphatic rings. The first kappa shape index (κ1) is 12.0. The monoisotopic (exact) mass is 223 g/mol. The molecule has 16 heavy (non-hydrogen) atoms. The van der Waals surface area contributed by atoms with Crippen molar-refractivity contribution in [1.29, 1.82) is 0 Å². The lowest BCUT2D eigenvalue weighted by atomic mass is 10.3. The molecule has 0 aromatic carbocycles. The first-order valence-electron chi connectivity index (χ1n) is 4.73. The van der Waals surface area contributed by atoms with Crippen molar-refractivity contribution in [2.75, 3.05) is 0 Å². The second-order valence-electron chi connectivity index (χ2n) is 3.26. The lowest BCUT2D eigenvalue weighted by Gasteiger charge is -2.06. The van der Waals surface area contributed by atoms with Crippen LogP contribution in [0, 0.1) is 6.92 Å². The highest BCUT2D eigenvalue weighted by Gasteiger charge is 2.12. The van der Waals surface area contributed by atoms with Gasteiger partial charge in [-0.15, -0.1) is 0 Å². The second kappa shape index (κ2) is 5.16. The number of amides is 1. The van der Waals surface area contributed by atoms with Crippen molar-refractivity contribution in [3.05, 3.63) is 29.7 Å². The van der Waals surface area contributed by atoms with Crippen LogP contribution in [0.4, 0.5) is 0 Å². The van der Waals surface area contributed by atoms with Gasteiger partial charge in [0, 0.05) is 6.08 Å². The fourth-order valence-electron chi connectivity index (χ4n) is 0.965. The van der Waals surface area contributed by atoms with Crippen molar-refractivity contribution in [3.63, 3.8) is 0 Å². The molecule has 1 amide bonds. The smallest absolute Gasteiger partial charge is 0.331 e. The average molecular weight is 223 g/mol. The summed E-state index contributed by atoms with van der Waals surface area (Å²) < 4.78 is 9.90. The van der Waals surface area contributed by atoms with Crippen LogP contribution in [0.15, 0.2) is 22.6 Å². The van der Waals surface area contributed by atoms with Gasteiger partial charge in [0.1, 0.15) is 11.5 Å². The third kappa shape index (κ3) is 3.61. The molecule has 1 atom stereocenters. The zero-order valence-corrected chi connectivity index (χ0v) is 9.10. The Morgan fingerprint density at radius 1 is 1.50 bits per heavy atom. The van der Waals surface area contributed by atoms with Crippen molar-refractivity contribution in [2.24, 2.45) is 5.73 Å². The fourth-order valence-corrected chi connectivity index (χ4v) is 0.965. The Morgan fingerprint density at radius 3 is 2.69 bits per heavy atom. The van der Waals surface area contributed by atoms with Gasteiger partial charge >= 0.3 is 5.97 Å². The van der Waals surface area contributed by atoms with Crippen LogP contribution in [0.25, 0.3) is 6.08 Å². The van der Waals surface area contributed by atoms with E-state index in [2.05, 4.69) is 0 Å². The Labute approximate surface area is 92.9 Å². The van der Waals surface area contributed by atoms with Crippen LogP contribution in [-0.2, 0) is 14.3 Å². The second-order valence-corrected chi connectivity index (χ2v) is 3.26. The van der Waals surface area contributed by atoms with Gasteiger partial charge in [-0.2, -0.15) is 0 Å². The number of furan rings is 1. The summed E-state index contributed by atoms with van der Waals surface area (Å²) in [6, 6.07) is 3.49. The molecule has 0 bridgehead atoms. The molecule has 1 heterocycles. The zero-order chi connectivity index (χ0) is 12.1. The summed E-state index contributed by atoms with van der Waals surface area (Å²) in [6.45, 7) is 3.20. The third-order valence-corrected chi connectivity index (χ3v) is 1.84. The van der Waals surface area contributed by atoms with Gasteiger partial charge in [0.05, 0.1) is 0 Å². The maximum Gasteiger partial charge on any atom is 0.331 e. The molecule has 1 rings (SSSR count). The summed E-state index contributed by atoms with van der Waals surface area (Å²) in [5.74, 6) is -0.0318. The predicted molar refractivity (Wildman–Crippen MR) is 57.2 cm³/mol. The van der Waals surface area contributed by atoms with Crippen LogP contribution >= 0.6 is 0 Å². The molecule has 86 valence electrons. The minimum Gasteiger partial charge on any atom is -0.462 e. The Morgan fingerprint density at radius 2 is 2.19 bits per heavy atom. The van der Waals surface area contributed by atoms with E-state index in [1.807, 2.05) is 0 Å². The molecule has 0 saturated carbocycles. The van der Waals surface area contributed by atoms with Gasteiger partial charge < -0.3 is 14.9 Å². The first-order valence-corrected chi connectivity index (χ1v) is 4.73. The van der Waals surface area contributed by atoms with E-state index in [1.165, 1.54) is 19.1 Å². The Kier molecular flexibility index (Phi) is 3.88. The maximum absolute atomic E-state index is 11.2. The first-order chi connectivity index (χ1) is 7.49. The summed E-state index contributed by atoms with van der Waals surface area (Å²) in [5, 5.41) is 0. The molecule has 0 aliphatic carbocycles. The summed E-state index contributed by atoms with van der Waals surface area (Å²) in [6.07, 6.45) is 1.70. The molecule has 1 unspecified atom stereocenters. The van der Waals surface area contributed by atoms with E-state index in [-0.39, 0.29) is 0 Å². The van der Waals surface area contributed by atoms with E-state index >= 15 is 0 Å². The molecule has 5 nitrogen and oxygen atoms in total. The SMILES string of the molecule is Cc1ccc(C=CC(=O)OC(C)C(N)=O)o1. The van der Waals surface area contributed by atoms with Crippen molar-refractivity contribution < 1.29 is 18.7 Å². The van der Waals surface area contributed by atoms with Crippen LogP contribution in [0.3, 0.4) is 0 Å². The van der Waals surface area contributed by atoms with Crippen LogP contribution in [0.2, 0.25) is 0 Å². The highest BCUT2D eigenvalue weighted by atomic mass is 16.5. The number of primary amides is 1. The lowest BCUT2D eigenvalue weighted by Crippen LogP contribution is -2.29. The summed E-state index contributed by atoms with van der Waals surface area (Å²) in [7, 11) is 0. The maximum atomic E-state index is 11.2. The summed E-state index contributed by atoms with van der Waals surface area (Å²) >= 11 is 0. The zero-order valence-electron chi connectivity index (χ0n) is 9.10. The molecule has 0 radical (unpaired) electrons. The molecule has 1 aromatic heterocycles. The van der Waals surface area contributed by atoms with E-state index < -0.39 is 18.0 Å². The summed E-state index contributed by atoms with van der Waals surface area (Å²) in [5.41, 5.74) is 4.94. The molecule has 0 fully saturated rings. The van der Waals surface area contributed by atoms with Crippen molar-refractivity contribution in [3.8, 4) is 0 Å². The van der Waals surface area contributed by atoms with Gasteiger partial charge in [-0.3, -0.25) is 4.79 Å². The number of nitrogens with two attached hydrogens (primary N) is 1. The fraction of sp³-hybridized carbons (Fsp3) is 0.273. The normalized spacial score (nSPS) is 12.6. The Hall–Kier alpha value is -2.04. The molecule has 0 saturated heterocycles. The van der Waals surface area contributed by atoms with Gasteiger partial charge in [-0.05, 0) is 32.1 Å². The van der Waals surface area contributed by atoms with E-state index in [0.29, 0.717) is 5.76 Å². The Balaban J connectivity index is 2.51. The number of carbonyl (C=O) groups excluding carboxylic acids is 2. The number of aryl methyl sites for hydroxylation is 1. The van der Waals surface area contributed by atoms with Crippen molar-refractivity contribution in [2.45, 2.75) is 20.0 Å². The van der Waals surface area contributed by atoms with Gasteiger partial charge in [0.2, 0.25) is 0 Å². The minimum atomic E-state index is -0.935. The van der Waals surface area contributed by atoms with E-state index in [0.717, 1.165) is 5.76 Å². The standard InChI is InChI=1S/C11H13NO4/c1-7-3-4-9(15-7)5-6-10(13)16-8(2)11(12)14/h3-6,8H,1-2H3,(H2,12,14). The van der Waals surface area contributed by atoms with Gasteiger partial charge in [0.15, 0.2) is 6.10 Å². The van der Waals surface area contributed by atoms with Crippen LogP contribution < -0.4 is 5.73 Å². The molecule has 2 N–H and O–H groups in total. The van der Waals surface area contributed by atoms with Crippen LogP contribution in [0.5, 0.6) is 0 Å². The molecular formula is C11H13NO4. The number of esters is 1. The number of ether oxygens (including phenoxy) is 1. The van der Waals surface area contributed by atoms with E-state index in [9.17, 15) is 9.59 Å². The van der Waals surface area contributed by atoms with Crippen molar-refractivity contribution >= 4 is 18.0 Å². The predicted octanol–water partition coefficient (Wildman–Crippen LogP) is 1.02. The van der Waals surface area contributed by atoms with Crippen molar-refractivity contribution in [1.82, 2.24) is 0 Å². The van der Waals surface area contributed by atoms with Gasteiger partial charge in [0.25, 0.3) is 5.91 Å². The van der Waals surface area contributed by atoms with E-state index in [4.69, 9.17) is 14.9 Å². The number of hydrogen-bond acceptors (Lipinski definition) is 4. The largest absolute Gasteiger partial charge is 0.462 e. The van der Waals surface area contributed by atoms with Crippen LogP contribution in [-0.4, -0.2) is 18.0 Å². The molecule has 0 spiro atoms. The molecule has 5 heteroatoms. The topological polar surface area (TPSA) is 82.5 Å².